The van der Waals surface area contributed by atoms with Gasteiger partial charge in [-0.2, -0.15) is 10.2 Å². The van der Waals surface area contributed by atoms with Gasteiger partial charge in [-0.15, -0.1) is 0 Å². The van der Waals surface area contributed by atoms with E-state index in [9.17, 15) is 9.59 Å². The summed E-state index contributed by atoms with van der Waals surface area (Å²) in [5.74, 6) is -0.805. The Bertz CT molecular complexity index is 534. The number of carbonyl (C=O) groups excluding carboxylic acids is 2. The van der Waals surface area contributed by atoms with E-state index in [0.29, 0.717) is 24.2 Å². The van der Waals surface area contributed by atoms with E-state index in [1.54, 1.807) is 13.0 Å². The van der Waals surface area contributed by atoms with Crippen LogP contribution in [0.3, 0.4) is 0 Å². The third kappa shape index (κ3) is 2.36. The summed E-state index contributed by atoms with van der Waals surface area (Å²) in [7, 11) is 1.49. The molecule has 0 spiro atoms. The lowest BCUT2D eigenvalue weighted by atomic mass is 9.95. The molecular weight excluding hydrogens is 260 g/mol. The summed E-state index contributed by atoms with van der Waals surface area (Å²) in [6.07, 6.45) is 2.63. The van der Waals surface area contributed by atoms with Gasteiger partial charge in [-0.25, -0.2) is 0 Å². The molecule has 0 radical (unpaired) electrons. The summed E-state index contributed by atoms with van der Waals surface area (Å²) in [6, 6.07) is 1.65. The minimum absolute atomic E-state index is 0.103. The van der Waals surface area contributed by atoms with Crippen molar-refractivity contribution in [1.82, 2.24) is 15.1 Å². The van der Waals surface area contributed by atoms with Crippen LogP contribution in [0.25, 0.3) is 0 Å². The normalized spacial score (nSPS) is 22.0. The molecule has 1 unspecified atom stereocenters. The molecule has 1 aliphatic rings. The monoisotopic (exact) mass is 278 g/mol. The van der Waals surface area contributed by atoms with E-state index in [-0.39, 0.29) is 12.5 Å². The fourth-order valence-corrected chi connectivity index (χ4v) is 2.64. The molecule has 2 N–H and O–H groups in total. The quantitative estimate of drug-likeness (QED) is 0.828. The first-order chi connectivity index (χ1) is 9.51. The molecule has 1 aromatic rings. The highest BCUT2D eigenvalue weighted by Crippen LogP contribution is 2.31. The van der Waals surface area contributed by atoms with Gasteiger partial charge in [0, 0.05) is 13.7 Å². The molecule has 1 saturated heterocycles. The average molecular weight is 278 g/mol. The largest absolute Gasteiger partial charge is 0.382 e. The van der Waals surface area contributed by atoms with E-state index >= 15 is 0 Å². The van der Waals surface area contributed by atoms with Crippen LogP contribution in [0.1, 0.15) is 28.9 Å². The Morgan fingerprint density at radius 1 is 1.55 bits per heavy atom. The fraction of sp³-hybridized carbons (Fsp3) is 0.538. The van der Waals surface area contributed by atoms with Gasteiger partial charge in [0.25, 0.3) is 5.91 Å². The van der Waals surface area contributed by atoms with Gasteiger partial charge in [0.2, 0.25) is 5.91 Å². The summed E-state index contributed by atoms with van der Waals surface area (Å²) in [6.45, 7) is 2.34. The van der Waals surface area contributed by atoms with Gasteiger partial charge < -0.3 is 15.4 Å². The molecule has 1 fully saturated rings. The molecule has 2 rings (SSSR count). The van der Waals surface area contributed by atoms with Crippen molar-refractivity contribution in [2.24, 2.45) is 5.73 Å². The van der Waals surface area contributed by atoms with Gasteiger partial charge in [0.05, 0.1) is 24.1 Å². The number of amides is 2. The Hall–Kier alpha value is -2.02. The van der Waals surface area contributed by atoms with Gasteiger partial charge in [-0.1, -0.05) is 0 Å². The highest BCUT2D eigenvalue weighted by atomic mass is 16.5. The first-order valence-electron chi connectivity index (χ1n) is 6.41. The number of methoxy groups -OCH3 is 1. The zero-order chi connectivity index (χ0) is 14.8. The Labute approximate surface area is 117 Å². The molecule has 108 valence electrons. The van der Waals surface area contributed by atoms with Gasteiger partial charge in [-0.05, 0) is 25.8 Å². The SMILES string of the molecule is COCC1(C(N)=O)CCCN1C(=O)c1cnnc(C)c1. The summed E-state index contributed by atoms with van der Waals surface area (Å²) in [4.78, 5) is 25.9. The van der Waals surface area contributed by atoms with Crippen LogP contribution in [0.15, 0.2) is 12.3 Å². The topological polar surface area (TPSA) is 98.4 Å². The molecule has 1 atom stereocenters. The Balaban J connectivity index is 2.34. The Morgan fingerprint density at radius 2 is 2.30 bits per heavy atom. The van der Waals surface area contributed by atoms with Crippen LogP contribution in [-0.4, -0.2) is 52.7 Å². The van der Waals surface area contributed by atoms with Crippen molar-refractivity contribution >= 4 is 11.8 Å². The third-order valence-corrected chi connectivity index (χ3v) is 3.60. The molecule has 7 heteroatoms. The molecule has 0 aromatic carbocycles. The number of ether oxygens (including phenoxy) is 1. The van der Waals surface area contributed by atoms with Crippen LogP contribution >= 0.6 is 0 Å². The number of nitrogens with zero attached hydrogens (tertiary/aromatic N) is 3. The summed E-state index contributed by atoms with van der Waals surface area (Å²) < 4.78 is 5.11. The molecule has 7 nitrogen and oxygen atoms in total. The molecule has 0 aliphatic carbocycles. The lowest BCUT2D eigenvalue weighted by molar-refractivity contribution is -0.130. The molecular formula is C13H18N4O3. The van der Waals surface area contributed by atoms with Crippen molar-refractivity contribution in [1.29, 1.82) is 0 Å². The van der Waals surface area contributed by atoms with Crippen molar-refractivity contribution in [3.63, 3.8) is 0 Å². The van der Waals surface area contributed by atoms with Crippen LogP contribution in [0.5, 0.6) is 0 Å². The predicted molar refractivity (Wildman–Crippen MR) is 70.8 cm³/mol. The minimum atomic E-state index is -1.07. The lowest BCUT2D eigenvalue weighted by Crippen LogP contribution is -2.58. The zero-order valence-corrected chi connectivity index (χ0v) is 11.6. The second-order valence-corrected chi connectivity index (χ2v) is 4.97. The molecule has 1 aliphatic heterocycles. The third-order valence-electron chi connectivity index (χ3n) is 3.60. The maximum absolute atomic E-state index is 12.6. The van der Waals surface area contributed by atoms with E-state index in [4.69, 9.17) is 10.5 Å². The number of likely N-dealkylation sites (tertiary alicyclic amines) is 1. The van der Waals surface area contributed by atoms with Gasteiger partial charge in [-0.3, -0.25) is 9.59 Å². The summed E-state index contributed by atoms with van der Waals surface area (Å²) >= 11 is 0. The molecule has 2 heterocycles. The smallest absolute Gasteiger partial charge is 0.256 e. The van der Waals surface area contributed by atoms with Gasteiger partial charge >= 0.3 is 0 Å². The van der Waals surface area contributed by atoms with E-state index in [2.05, 4.69) is 10.2 Å². The van der Waals surface area contributed by atoms with Crippen molar-refractivity contribution in [3.8, 4) is 0 Å². The van der Waals surface area contributed by atoms with Crippen LogP contribution < -0.4 is 5.73 Å². The minimum Gasteiger partial charge on any atom is -0.382 e. The van der Waals surface area contributed by atoms with E-state index in [1.165, 1.54) is 18.2 Å². The maximum Gasteiger partial charge on any atom is 0.256 e. The molecule has 1 aromatic heterocycles. The zero-order valence-electron chi connectivity index (χ0n) is 11.6. The summed E-state index contributed by atoms with van der Waals surface area (Å²) in [5, 5.41) is 7.59. The average Bonchev–Trinajstić information content (AvgIpc) is 2.83. The highest BCUT2D eigenvalue weighted by Gasteiger charge is 2.48. The standard InChI is InChI=1S/C13H18N4O3/c1-9-6-10(7-15-16-9)11(18)17-5-3-4-13(17,8-20-2)12(14)19/h6-7H,3-5,8H2,1-2H3,(H2,14,19). The summed E-state index contributed by atoms with van der Waals surface area (Å²) in [5.41, 5.74) is 5.50. The second kappa shape index (κ2) is 5.54. The number of aromatic nitrogens is 2. The highest BCUT2D eigenvalue weighted by molar-refractivity contribution is 5.99. The van der Waals surface area contributed by atoms with Crippen LogP contribution in [0, 0.1) is 6.92 Å². The number of hydrogen-bond acceptors (Lipinski definition) is 5. The number of primary amides is 1. The van der Waals surface area contributed by atoms with Crippen LogP contribution in [0.2, 0.25) is 0 Å². The van der Waals surface area contributed by atoms with Crippen LogP contribution in [0.4, 0.5) is 0 Å². The predicted octanol–water partition coefficient (Wildman–Crippen LogP) is -0.108. The van der Waals surface area contributed by atoms with Crippen molar-refractivity contribution in [2.75, 3.05) is 20.3 Å². The number of carbonyl (C=O) groups is 2. The fourth-order valence-electron chi connectivity index (χ4n) is 2.64. The Kier molecular flexibility index (Phi) is 3.99. The van der Waals surface area contributed by atoms with E-state index in [1.807, 2.05) is 0 Å². The van der Waals surface area contributed by atoms with Crippen molar-refractivity contribution < 1.29 is 14.3 Å². The molecule has 2 amide bonds. The molecule has 0 bridgehead atoms. The van der Waals surface area contributed by atoms with Crippen LogP contribution in [-0.2, 0) is 9.53 Å². The number of rotatable bonds is 4. The lowest BCUT2D eigenvalue weighted by Gasteiger charge is -2.35. The Morgan fingerprint density at radius 3 is 2.90 bits per heavy atom. The molecule has 0 saturated carbocycles. The van der Waals surface area contributed by atoms with Gasteiger partial charge in [0.15, 0.2) is 0 Å². The van der Waals surface area contributed by atoms with E-state index < -0.39 is 11.4 Å². The van der Waals surface area contributed by atoms with Crippen molar-refractivity contribution in [3.05, 3.63) is 23.5 Å². The molecule has 20 heavy (non-hydrogen) atoms. The second-order valence-electron chi connectivity index (χ2n) is 4.97. The number of aryl methyl sites for hydroxylation is 1. The van der Waals surface area contributed by atoms with Gasteiger partial charge in [0.1, 0.15) is 5.54 Å². The van der Waals surface area contributed by atoms with E-state index in [0.717, 1.165) is 6.42 Å². The first kappa shape index (κ1) is 14.4. The van der Waals surface area contributed by atoms with Crippen molar-refractivity contribution in [2.45, 2.75) is 25.3 Å². The number of hydrogen-bond donors (Lipinski definition) is 1. The maximum atomic E-state index is 12.6. The number of nitrogens with two attached hydrogens (primary N) is 1. The first-order valence-corrected chi connectivity index (χ1v) is 6.41.